The van der Waals surface area contributed by atoms with E-state index in [2.05, 4.69) is 4.99 Å². The van der Waals surface area contributed by atoms with Crippen LogP contribution in [0.2, 0.25) is 0 Å². The van der Waals surface area contributed by atoms with E-state index in [9.17, 15) is 27.3 Å². The molecule has 0 radical (unpaired) electrons. The molecule has 0 fully saturated rings. The predicted octanol–water partition coefficient (Wildman–Crippen LogP) is 1.93. The minimum atomic E-state index is -4.15. The molecule has 0 amide bonds. The Hall–Kier alpha value is -1.94. The maximum Gasteiger partial charge on any atom is 0.270 e. The Morgan fingerprint density at radius 2 is 2.08 bits per heavy atom. The lowest BCUT2D eigenvalue weighted by Gasteiger charge is -2.40. The van der Waals surface area contributed by atoms with E-state index in [1.165, 1.54) is 13.8 Å². The molecule has 0 saturated carbocycles. The molecule has 10 heteroatoms. The van der Waals surface area contributed by atoms with Gasteiger partial charge in [-0.1, -0.05) is 0 Å². The zero-order valence-electron chi connectivity index (χ0n) is 13.7. The van der Waals surface area contributed by atoms with E-state index in [0.717, 1.165) is 18.2 Å². The minimum absolute atomic E-state index is 0.0938. The predicted molar refractivity (Wildman–Crippen MR) is 87.7 cm³/mol. The molecule has 1 N–H and O–H groups in total. The number of hydrogen-bond acceptors (Lipinski definition) is 6. The number of alkyl halides is 1. The molecule has 1 unspecified atom stereocenters. The molecule has 0 spiro atoms. The van der Waals surface area contributed by atoms with Gasteiger partial charge in [0.2, 0.25) is 0 Å². The van der Waals surface area contributed by atoms with Crippen LogP contribution in [0.25, 0.3) is 0 Å². The van der Waals surface area contributed by atoms with Crippen molar-refractivity contribution >= 4 is 21.2 Å². The van der Waals surface area contributed by atoms with Crippen LogP contribution in [-0.4, -0.2) is 47.9 Å². The van der Waals surface area contributed by atoms with Gasteiger partial charge >= 0.3 is 0 Å². The van der Waals surface area contributed by atoms with Crippen LogP contribution >= 0.6 is 0 Å². The van der Waals surface area contributed by atoms with Crippen LogP contribution in [-0.2, 0) is 15.4 Å². The summed E-state index contributed by atoms with van der Waals surface area (Å²) >= 11 is 0. The van der Waals surface area contributed by atoms with Crippen molar-refractivity contribution in [2.24, 2.45) is 4.99 Å². The first-order chi connectivity index (χ1) is 11.5. The number of rotatable bonds is 5. The summed E-state index contributed by atoms with van der Waals surface area (Å²) in [5, 5.41) is 20.1. The Morgan fingerprint density at radius 1 is 1.44 bits per heavy atom. The third kappa shape index (κ3) is 3.04. The molecule has 1 aliphatic heterocycles. The molecular weight excluding hydrogens is 358 g/mol. The van der Waals surface area contributed by atoms with Crippen molar-refractivity contribution in [3.8, 4) is 0 Å². The standard InChI is InChI=1S/C15H18F2N2O5S/c1-10-15(8-16,5-6-20)25(23,24)9-14(2,18-10)12-7-11(19(21)22)3-4-13(12)17/h3-4,7,20H,5-6,8-9H2,1-2H3/t14-,15?/m0/s1. The van der Waals surface area contributed by atoms with E-state index in [4.69, 9.17) is 5.11 Å². The molecule has 1 aromatic carbocycles. The van der Waals surface area contributed by atoms with E-state index in [0.29, 0.717) is 0 Å². The molecule has 1 aliphatic rings. The van der Waals surface area contributed by atoms with Crippen molar-refractivity contribution in [1.82, 2.24) is 0 Å². The monoisotopic (exact) mass is 376 g/mol. The Bertz CT molecular complexity index is 842. The zero-order chi connectivity index (χ0) is 19.0. The molecule has 0 aromatic heterocycles. The van der Waals surface area contributed by atoms with Crippen LogP contribution in [0.1, 0.15) is 25.8 Å². The molecule has 0 saturated heterocycles. The number of sulfone groups is 1. The summed E-state index contributed by atoms with van der Waals surface area (Å²) in [6, 6.07) is 2.78. The Morgan fingerprint density at radius 3 is 2.56 bits per heavy atom. The maximum atomic E-state index is 14.3. The van der Waals surface area contributed by atoms with Gasteiger partial charge in [0.05, 0.1) is 16.2 Å². The Labute approximate surface area is 143 Å². The summed E-state index contributed by atoms with van der Waals surface area (Å²) < 4.78 is 51.5. The molecular formula is C15H18F2N2O5S. The first-order valence-electron chi connectivity index (χ1n) is 7.43. The van der Waals surface area contributed by atoms with Gasteiger partial charge in [0, 0.05) is 30.0 Å². The smallest absolute Gasteiger partial charge is 0.270 e. The number of benzene rings is 1. The lowest BCUT2D eigenvalue weighted by molar-refractivity contribution is -0.385. The highest BCUT2D eigenvalue weighted by atomic mass is 32.2. The van der Waals surface area contributed by atoms with Gasteiger partial charge in [0.25, 0.3) is 5.69 Å². The second kappa shape index (κ2) is 6.41. The van der Waals surface area contributed by atoms with E-state index in [1.54, 1.807) is 0 Å². The second-order valence-corrected chi connectivity index (χ2v) is 8.55. The lowest BCUT2D eigenvalue weighted by Crippen LogP contribution is -2.56. The average molecular weight is 376 g/mol. The highest BCUT2D eigenvalue weighted by Crippen LogP contribution is 2.41. The van der Waals surface area contributed by atoms with Crippen molar-refractivity contribution in [2.75, 3.05) is 19.0 Å². The molecule has 2 rings (SSSR count). The van der Waals surface area contributed by atoms with Crippen molar-refractivity contribution in [3.05, 3.63) is 39.7 Å². The molecule has 0 bridgehead atoms. The number of aliphatic hydroxyl groups is 1. The Balaban J connectivity index is 2.69. The van der Waals surface area contributed by atoms with E-state index in [1.807, 2.05) is 0 Å². The van der Waals surface area contributed by atoms with Crippen molar-refractivity contribution in [2.45, 2.75) is 30.6 Å². The minimum Gasteiger partial charge on any atom is -0.396 e. The van der Waals surface area contributed by atoms with Crippen LogP contribution in [0.15, 0.2) is 23.2 Å². The zero-order valence-corrected chi connectivity index (χ0v) is 14.5. The molecule has 25 heavy (non-hydrogen) atoms. The summed E-state index contributed by atoms with van der Waals surface area (Å²) in [6.07, 6.45) is -0.366. The fourth-order valence-corrected chi connectivity index (χ4v) is 5.48. The fourth-order valence-electron chi connectivity index (χ4n) is 3.18. The second-order valence-electron chi connectivity index (χ2n) is 6.25. The molecule has 7 nitrogen and oxygen atoms in total. The molecule has 0 aliphatic carbocycles. The molecule has 138 valence electrons. The van der Waals surface area contributed by atoms with Crippen molar-refractivity contribution in [3.63, 3.8) is 0 Å². The van der Waals surface area contributed by atoms with Crippen molar-refractivity contribution in [1.29, 1.82) is 0 Å². The maximum absolute atomic E-state index is 14.3. The third-order valence-corrected chi connectivity index (χ3v) is 7.35. The first kappa shape index (κ1) is 19.4. The molecule has 2 atom stereocenters. The van der Waals surface area contributed by atoms with Gasteiger partial charge in [-0.25, -0.2) is 17.2 Å². The van der Waals surface area contributed by atoms with E-state index in [-0.39, 0.29) is 17.7 Å². The van der Waals surface area contributed by atoms with Crippen LogP contribution in [0, 0.1) is 15.9 Å². The molecule has 1 aromatic rings. The number of aliphatic imine (C=N–C) groups is 1. The summed E-state index contributed by atoms with van der Waals surface area (Å²) in [7, 11) is -4.15. The van der Waals surface area contributed by atoms with Crippen molar-refractivity contribution < 1.29 is 27.2 Å². The number of halogens is 2. The topological polar surface area (TPSA) is 110 Å². The highest BCUT2D eigenvalue weighted by molar-refractivity contribution is 7.93. The Kier molecular flexibility index (Phi) is 4.97. The quantitative estimate of drug-likeness (QED) is 0.624. The van der Waals surface area contributed by atoms with Crippen LogP contribution in [0.3, 0.4) is 0 Å². The number of non-ortho nitro benzene ring substituents is 1. The summed E-state index contributed by atoms with van der Waals surface area (Å²) in [4.78, 5) is 14.4. The number of hydrogen-bond donors (Lipinski definition) is 1. The summed E-state index contributed by atoms with van der Waals surface area (Å²) in [5.74, 6) is -1.56. The number of aliphatic hydroxyl groups excluding tert-OH is 1. The lowest BCUT2D eigenvalue weighted by atomic mass is 9.91. The van der Waals surface area contributed by atoms with Gasteiger partial charge in [-0.05, 0) is 26.3 Å². The van der Waals surface area contributed by atoms with Gasteiger partial charge in [0.1, 0.15) is 17.2 Å². The van der Waals surface area contributed by atoms with Gasteiger partial charge in [-0.3, -0.25) is 15.1 Å². The van der Waals surface area contributed by atoms with E-state index >= 15 is 0 Å². The SMILES string of the molecule is CC1=N[C@](C)(c2cc([N+](=O)[O-])ccc2F)CS(=O)(=O)C1(CF)CCO. The third-order valence-electron chi connectivity index (χ3n) is 4.61. The largest absolute Gasteiger partial charge is 0.396 e. The summed E-state index contributed by atoms with van der Waals surface area (Å²) in [6.45, 7) is 0.813. The van der Waals surface area contributed by atoms with Crippen LogP contribution in [0.4, 0.5) is 14.5 Å². The average Bonchev–Trinajstić information content (AvgIpc) is 2.50. The van der Waals surface area contributed by atoms with E-state index < -0.39 is 55.6 Å². The van der Waals surface area contributed by atoms with Crippen LogP contribution < -0.4 is 0 Å². The van der Waals surface area contributed by atoms with Crippen LogP contribution in [0.5, 0.6) is 0 Å². The summed E-state index contributed by atoms with van der Waals surface area (Å²) in [5.41, 5.74) is -2.38. The van der Waals surface area contributed by atoms with Gasteiger partial charge in [-0.2, -0.15) is 0 Å². The molecule has 1 heterocycles. The van der Waals surface area contributed by atoms with Gasteiger partial charge in [0.15, 0.2) is 9.84 Å². The number of nitrogens with zero attached hydrogens (tertiary/aromatic N) is 2. The number of nitro groups is 1. The first-order valence-corrected chi connectivity index (χ1v) is 9.09. The fraction of sp³-hybridized carbons (Fsp3) is 0.533. The van der Waals surface area contributed by atoms with Gasteiger partial charge in [-0.15, -0.1) is 0 Å². The number of nitro benzene ring substituents is 1. The highest BCUT2D eigenvalue weighted by Gasteiger charge is 2.54. The normalized spacial score (nSPS) is 28.4. The van der Waals surface area contributed by atoms with Gasteiger partial charge < -0.3 is 5.11 Å².